The molecular formula is C42H33NS. The van der Waals surface area contributed by atoms with Crippen molar-refractivity contribution in [3.63, 3.8) is 0 Å². The monoisotopic (exact) mass is 583 g/mol. The van der Waals surface area contributed by atoms with Gasteiger partial charge in [-0.2, -0.15) is 0 Å². The lowest BCUT2D eigenvalue weighted by atomic mass is 9.82. The molecule has 0 saturated heterocycles. The molecule has 0 aliphatic heterocycles. The number of rotatable bonds is 3. The Morgan fingerprint density at radius 2 is 0.932 bits per heavy atom. The summed E-state index contributed by atoms with van der Waals surface area (Å²) in [4.78, 5) is 2.47. The Hall–Kier alpha value is -4.66. The van der Waals surface area contributed by atoms with Crippen molar-refractivity contribution in [2.75, 3.05) is 4.90 Å². The van der Waals surface area contributed by atoms with E-state index >= 15 is 0 Å². The highest BCUT2D eigenvalue weighted by Gasteiger charge is 2.37. The minimum atomic E-state index is -0.0655. The van der Waals surface area contributed by atoms with E-state index in [1.165, 1.54) is 81.7 Å². The van der Waals surface area contributed by atoms with Crippen molar-refractivity contribution in [3.8, 4) is 22.3 Å². The molecule has 7 aromatic rings. The lowest BCUT2D eigenvalue weighted by Crippen LogP contribution is -2.17. The highest BCUT2D eigenvalue weighted by molar-refractivity contribution is 7.25. The van der Waals surface area contributed by atoms with Gasteiger partial charge >= 0.3 is 0 Å². The zero-order valence-electron chi connectivity index (χ0n) is 25.5. The Morgan fingerprint density at radius 1 is 0.409 bits per heavy atom. The van der Waals surface area contributed by atoms with E-state index in [4.69, 9.17) is 0 Å². The van der Waals surface area contributed by atoms with Crippen molar-refractivity contribution in [1.29, 1.82) is 0 Å². The Morgan fingerprint density at radius 3 is 1.73 bits per heavy atom. The number of hydrogen-bond donors (Lipinski definition) is 0. The van der Waals surface area contributed by atoms with Crippen LogP contribution in [0, 0.1) is 0 Å². The van der Waals surface area contributed by atoms with E-state index < -0.39 is 0 Å². The first-order valence-electron chi connectivity index (χ1n) is 15.5. The molecule has 212 valence electrons. The fourth-order valence-corrected chi connectivity index (χ4v) is 9.12. The topological polar surface area (TPSA) is 3.24 Å². The number of fused-ring (bicyclic) bond motifs is 9. The van der Waals surface area contributed by atoms with Crippen LogP contribution in [-0.2, 0) is 10.8 Å². The maximum atomic E-state index is 2.47. The SMILES string of the molecule is CC1(C)c2ccccc2-c2cc(N(c3ccc4c(c3)C(C)(C)c3ccccc3-4)c3ccc4c(c3)sc3ccccc34)ccc21. The summed E-state index contributed by atoms with van der Waals surface area (Å²) < 4.78 is 2.65. The van der Waals surface area contributed by atoms with Gasteiger partial charge in [0.2, 0.25) is 0 Å². The molecule has 0 fully saturated rings. The van der Waals surface area contributed by atoms with Crippen LogP contribution in [-0.4, -0.2) is 0 Å². The average molecular weight is 584 g/mol. The van der Waals surface area contributed by atoms with Crippen molar-refractivity contribution in [2.45, 2.75) is 38.5 Å². The van der Waals surface area contributed by atoms with Crippen LogP contribution in [0.2, 0.25) is 0 Å². The van der Waals surface area contributed by atoms with Gasteiger partial charge < -0.3 is 4.90 Å². The summed E-state index contributed by atoms with van der Waals surface area (Å²) in [6, 6.07) is 47.8. The molecule has 44 heavy (non-hydrogen) atoms. The molecule has 1 heterocycles. The summed E-state index contributed by atoms with van der Waals surface area (Å²) in [7, 11) is 0. The number of hydrogen-bond acceptors (Lipinski definition) is 2. The minimum absolute atomic E-state index is 0.0192. The van der Waals surface area contributed by atoms with Crippen molar-refractivity contribution in [3.05, 3.63) is 150 Å². The zero-order valence-corrected chi connectivity index (χ0v) is 26.3. The van der Waals surface area contributed by atoms with Gasteiger partial charge in [0.25, 0.3) is 0 Å². The number of anilines is 3. The number of thiophene rings is 1. The van der Waals surface area contributed by atoms with E-state index in [0.29, 0.717) is 0 Å². The molecule has 1 aromatic heterocycles. The third-order valence-corrected chi connectivity index (χ3v) is 11.4. The van der Waals surface area contributed by atoms with Crippen LogP contribution >= 0.6 is 11.3 Å². The first kappa shape index (κ1) is 25.8. The van der Waals surface area contributed by atoms with E-state index in [1.54, 1.807) is 0 Å². The molecule has 0 bridgehead atoms. The normalized spacial score (nSPS) is 15.2. The molecule has 2 aliphatic rings. The molecule has 0 amide bonds. The van der Waals surface area contributed by atoms with Crippen LogP contribution in [0.5, 0.6) is 0 Å². The quantitative estimate of drug-likeness (QED) is 0.200. The van der Waals surface area contributed by atoms with Crippen molar-refractivity contribution in [2.24, 2.45) is 0 Å². The molecule has 0 radical (unpaired) electrons. The van der Waals surface area contributed by atoms with Gasteiger partial charge in [-0.05, 0) is 87.0 Å². The predicted molar refractivity (Wildman–Crippen MR) is 189 cm³/mol. The van der Waals surface area contributed by atoms with E-state index in [-0.39, 0.29) is 10.8 Å². The van der Waals surface area contributed by atoms with Crippen LogP contribution in [0.25, 0.3) is 42.4 Å². The van der Waals surface area contributed by atoms with Gasteiger partial charge in [-0.25, -0.2) is 0 Å². The lowest BCUT2D eigenvalue weighted by Gasteiger charge is -2.29. The van der Waals surface area contributed by atoms with Crippen LogP contribution in [0.1, 0.15) is 49.9 Å². The van der Waals surface area contributed by atoms with Crippen LogP contribution in [0.15, 0.2) is 127 Å². The molecule has 6 aromatic carbocycles. The molecule has 0 saturated carbocycles. The molecular weight excluding hydrogens is 551 g/mol. The summed E-state index contributed by atoms with van der Waals surface area (Å²) in [6.45, 7) is 9.43. The predicted octanol–water partition coefficient (Wildman–Crippen LogP) is 12.1. The first-order chi connectivity index (χ1) is 21.3. The third-order valence-electron chi connectivity index (χ3n) is 10.3. The Balaban J connectivity index is 1.27. The van der Waals surface area contributed by atoms with Crippen LogP contribution < -0.4 is 4.90 Å². The molecule has 0 unspecified atom stereocenters. The molecule has 0 N–H and O–H groups in total. The van der Waals surface area contributed by atoms with Gasteiger partial charge in [0, 0.05) is 48.1 Å². The smallest absolute Gasteiger partial charge is 0.0476 e. The highest BCUT2D eigenvalue weighted by Crippen LogP contribution is 2.53. The minimum Gasteiger partial charge on any atom is -0.310 e. The second-order valence-corrected chi connectivity index (χ2v) is 14.5. The summed E-state index contributed by atoms with van der Waals surface area (Å²) in [5.41, 5.74) is 14.5. The maximum Gasteiger partial charge on any atom is 0.0476 e. The molecule has 2 aliphatic carbocycles. The molecule has 0 atom stereocenters. The van der Waals surface area contributed by atoms with E-state index in [2.05, 4.69) is 160 Å². The first-order valence-corrected chi connectivity index (χ1v) is 16.3. The van der Waals surface area contributed by atoms with Gasteiger partial charge in [0.15, 0.2) is 0 Å². The second kappa shape index (κ2) is 8.94. The largest absolute Gasteiger partial charge is 0.310 e. The van der Waals surface area contributed by atoms with Gasteiger partial charge in [-0.1, -0.05) is 113 Å². The van der Waals surface area contributed by atoms with Crippen molar-refractivity contribution >= 4 is 48.6 Å². The summed E-state index contributed by atoms with van der Waals surface area (Å²) >= 11 is 1.88. The van der Waals surface area contributed by atoms with Crippen LogP contribution in [0.4, 0.5) is 17.1 Å². The standard InChI is InChI=1S/C42H33NS/c1-41(2)36-15-9-6-12-30(36)34-23-26(19-22-37(34)41)43(28-18-21-33-32-13-7-10-16-39(32)44-40(33)25-28)27-17-20-31-29-11-5-8-14-35(29)42(3,4)38(31)24-27/h5-25H,1-4H3. The fraction of sp³-hybridized carbons (Fsp3) is 0.143. The highest BCUT2D eigenvalue weighted by atomic mass is 32.1. The van der Waals surface area contributed by atoms with Gasteiger partial charge in [-0.15, -0.1) is 11.3 Å². The van der Waals surface area contributed by atoms with Gasteiger partial charge in [-0.3, -0.25) is 0 Å². The van der Waals surface area contributed by atoms with E-state index in [1.807, 2.05) is 11.3 Å². The average Bonchev–Trinajstić information content (AvgIpc) is 3.61. The van der Waals surface area contributed by atoms with E-state index in [9.17, 15) is 0 Å². The lowest BCUT2D eigenvalue weighted by molar-refractivity contribution is 0.660. The third kappa shape index (κ3) is 3.46. The summed E-state index contributed by atoms with van der Waals surface area (Å²) in [5, 5.41) is 2.66. The van der Waals surface area contributed by atoms with Crippen molar-refractivity contribution < 1.29 is 0 Å². The Labute approximate surface area is 263 Å². The van der Waals surface area contributed by atoms with Crippen LogP contribution in [0.3, 0.4) is 0 Å². The van der Waals surface area contributed by atoms with Crippen molar-refractivity contribution in [1.82, 2.24) is 0 Å². The summed E-state index contributed by atoms with van der Waals surface area (Å²) in [5.74, 6) is 0. The summed E-state index contributed by atoms with van der Waals surface area (Å²) in [6.07, 6.45) is 0. The number of nitrogens with zero attached hydrogens (tertiary/aromatic N) is 1. The zero-order chi connectivity index (χ0) is 29.8. The maximum absolute atomic E-state index is 2.47. The molecule has 1 nitrogen and oxygen atoms in total. The fourth-order valence-electron chi connectivity index (χ4n) is 7.98. The van der Waals surface area contributed by atoms with Gasteiger partial charge in [0.05, 0.1) is 0 Å². The van der Waals surface area contributed by atoms with Gasteiger partial charge in [0.1, 0.15) is 0 Å². The Kier molecular flexibility index (Phi) is 5.24. The molecule has 2 heteroatoms. The molecule has 9 rings (SSSR count). The second-order valence-electron chi connectivity index (χ2n) is 13.4. The number of benzene rings is 6. The Bertz CT molecular complexity index is 2300. The molecule has 0 spiro atoms. The van der Waals surface area contributed by atoms with E-state index in [0.717, 1.165) is 0 Å².